The van der Waals surface area contributed by atoms with E-state index in [0.717, 1.165) is 49.4 Å². The molecule has 27 heavy (non-hydrogen) atoms. The van der Waals surface area contributed by atoms with Crippen LogP contribution in [0.1, 0.15) is 25.3 Å². The minimum Gasteiger partial charge on any atom is -0.493 e. The van der Waals surface area contributed by atoms with Gasteiger partial charge >= 0.3 is 0 Å². The number of hydrogen-bond donors (Lipinski definition) is 2. The first-order valence-electron chi connectivity index (χ1n) is 9.48. The normalized spacial score (nSPS) is 15.1. The van der Waals surface area contributed by atoms with Crippen LogP contribution in [0.2, 0.25) is 0 Å². The van der Waals surface area contributed by atoms with E-state index in [1.54, 1.807) is 14.2 Å². The number of nitrogens with one attached hydrogen (secondary N) is 2. The molecule has 0 aromatic heterocycles. The van der Waals surface area contributed by atoms with Crippen LogP contribution in [0.5, 0.6) is 11.5 Å². The average molecular weight is 490 g/mol. The summed E-state index contributed by atoms with van der Waals surface area (Å²) in [5.41, 5.74) is 1.20. The number of nitrogens with zero attached hydrogens (tertiary/aromatic N) is 2. The lowest BCUT2D eigenvalue weighted by atomic mass is 10.1. The highest BCUT2D eigenvalue weighted by Crippen LogP contribution is 2.34. The van der Waals surface area contributed by atoms with Gasteiger partial charge in [0, 0.05) is 19.1 Å². The van der Waals surface area contributed by atoms with Crippen LogP contribution in [-0.2, 0) is 6.42 Å². The second kappa shape index (κ2) is 12.3. The Morgan fingerprint density at radius 1 is 1.19 bits per heavy atom. The number of rotatable bonds is 10. The van der Waals surface area contributed by atoms with Gasteiger partial charge in [-0.05, 0) is 63.9 Å². The van der Waals surface area contributed by atoms with Crippen LogP contribution in [0.3, 0.4) is 0 Å². The molecule has 6 nitrogen and oxygen atoms in total. The Hall–Kier alpha value is -1.22. The fourth-order valence-electron chi connectivity index (χ4n) is 3.10. The molecule has 1 saturated carbocycles. The van der Waals surface area contributed by atoms with Crippen LogP contribution in [0.25, 0.3) is 0 Å². The average Bonchev–Trinajstić information content (AvgIpc) is 3.46. The van der Waals surface area contributed by atoms with Crippen molar-refractivity contribution in [1.82, 2.24) is 15.5 Å². The molecular weight excluding hydrogens is 455 g/mol. The minimum absolute atomic E-state index is 0. The highest BCUT2D eigenvalue weighted by atomic mass is 127. The number of aliphatic imine (C=N–C) groups is 1. The van der Waals surface area contributed by atoms with Crippen LogP contribution in [0.15, 0.2) is 23.2 Å². The molecule has 1 unspecified atom stereocenters. The van der Waals surface area contributed by atoms with Crippen molar-refractivity contribution in [2.24, 2.45) is 10.9 Å². The summed E-state index contributed by atoms with van der Waals surface area (Å²) in [5, 5.41) is 6.78. The lowest BCUT2D eigenvalue weighted by Crippen LogP contribution is -2.40. The summed E-state index contributed by atoms with van der Waals surface area (Å²) in [7, 11) is 7.61. The molecule has 1 aromatic rings. The number of likely N-dealkylation sites (N-methyl/N-ethyl adjacent to an activating group) is 1. The van der Waals surface area contributed by atoms with Gasteiger partial charge in [-0.15, -0.1) is 24.0 Å². The van der Waals surface area contributed by atoms with Gasteiger partial charge in [-0.3, -0.25) is 4.99 Å². The predicted molar refractivity (Wildman–Crippen MR) is 123 cm³/mol. The number of benzene rings is 1. The van der Waals surface area contributed by atoms with Gasteiger partial charge in [0.05, 0.1) is 20.8 Å². The van der Waals surface area contributed by atoms with Gasteiger partial charge in [0.25, 0.3) is 0 Å². The third kappa shape index (κ3) is 7.73. The van der Waals surface area contributed by atoms with Crippen LogP contribution in [0.4, 0.5) is 0 Å². The van der Waals surface area contributed by atoms with E-state index >= 15 is 0 Å². The summed E-state index contributed by atoms with van der Waals surface area (Å²) in [6, 6.07) is 6.59. The maximum absolute atomic E-state index is 5.37. The first-order valence-corrected chi connectivity index (χ1v) is 9.48. The Morgan fingerprint density at radius 3 is 2.44 bits per heavy atom. The molecule has 7 heteroatoms. The smallest absolute Gasteiger partial charge is 0.191 e. The fraction of sp³-hybridized carbons (Fsp3) is 0.650. The van der Waals surface area contributed by atoms with E-state index in [0.29, 0.717) is 6.04 Å². The predicted octanol–water partition coefficient (Wildman–Crippen LogP) is 2.76. The molecule has 0 radical (unpaired) electrons. The lowest BCUT2D eigenvalue weighted by Gasteiger charge is -2.23. The highest BCUT2D eigenvalue weighted by Gasteiger charge is 2.32. The number of ether oxygens (including phenoxy) is 2. The molecule has 0 amide bonds. The Balaban J connectivity index is 0.00000364. The van der Waals surface area contributed by atoms with Crippen molar-refractivity contribution in [3.8, 4) is 11.5 Å². The summed E-state index contributed by atoms with van der Waals surface area (Å²) in [6.07, 6.45) is 3.56. The number of guanidine groups is 1. The van der Waals surface area contributed by atoms with Gasteiger partial charge in [-0.2, -0.15) is 0 Å². The van der Waals surface area contributed by atoms with Crippen molar-refractivity contribution >= 4 is 29.9 Å². The van der Waals surface area contributed by atoms with Crippen molar-refractivity contribution < 1.29 is 9.47 Å². The molecule has 2 rings (SSSR count). The third-order valence-electron chi connectivity index (χ3n) is 4.76. The maximum Gasteiger partial charge on any atom is 0.191 e. The molecule has 1 fully saturated rings. The first-order chi connectivity index (χ1) is 12.6. The van der Waals surface area contributed by atoms with Gasteiger partial charge in [-0.1, -0.05) is 6.07 Å². The second-order valence-electron chi connectivity index (χ2n) is 6.95. The van der Waals surface area contributed by atoms with Crippen molar-refractivity contribution in [2.45, 2.75) is 32.2 Å². The van der Waals surface area contributed by atoms with E-state index in [9.17, 15) is 0 Å². The second-order valence-corrected chi connectivity index (χ2v) is 6.95. The number of methoxy groups -OCH3 is 2. The lowest BCUT2D eigenvalue weighted by molar-refractivity contribution is 0.271. The zero-order chi connectivity index (χ0) is 18.9. The summed E-state index contributed by atoms with van der Waals surface area (Å²) in [4.78, 5) is 7.10. The maximum atomic E-state index is 5.37. The number of hydrogen-bond acceptors (Lipinski definition) is 4. The van der Waals surface area contributed by atoms with Crippen LogP contribution >= 0.6 is 24.0 Å². The molecule has 0 bridgehead atoms. The van der Waals surface area contributed by atoms with Gasteiger partial charge in [-0.25, -0.2) is 0 Å². The topological polar surface area (TPSA) is 58.1 Å². The Labute approximate surface area is 181 Å². The zero-order valence-electron chi connectivity index (χ0n) is 17.2. The quantitative estimate of drug-likeness (QED) is 0.300. The molecule has 0 spiro atoms. The monoisotopic (exact) mass is 490 g/mol. The number of halogens is 1. The van der Waals surface area contributed by atoms with Crippen molar-refractivity contribution in [3.05, 3.63) is 23.8 Å². The van der Waals surface area contributed by atoms with Gasteiger partial charge in [0.1, 0.15) is 0 Å². The van der Waals surface area contributed by atoms with Crippen LogP contribution in [-0.4, -0.2) is 64.9 Å². The molecule has 1 aromatic carbocycles. The largest absolute Gasteiger partial charge is 0.493 e. The summed E-state index contributed by atoms with van der Waals surface area (Å²) in [5.74, 6) is 3.22. The van der Waals surface area contributed by atoms with E-state index in [1.165, 1.54) is 18.4 Å². The van der Waals surface area contributed by atoms with E-state index in [-0.39, 0.29) is 24.0 Å². The molecule has 0 aliphatic heterocycles. The Kier molecular flexibility index (Phi) is 10.8. The van der Waals surface area contributed by atoms with Crippen LogP contribution < -0.4 is 20.1 Å². The molecule has 1 atom stereocenters. The van der Waals surface area contributed by atoms with E-state index in [4.69, 9.17) is 14.5 Å². The molecular formula is C20H35IN4O2. The fourth-order valence-corrected chi connectivity index (χ4v) is 3.10. The summed E-state index contributed by atoms with van der Waals surface area (Å²) < 4.78 is 10.7. The van der Waals surface area contributed by atoms with Crippen molar-refractivity contribution in [3.63, 3.8) is 0 Å². The molecule has 0 heterocycles. The van der Waals surface area contributed by atoms with Crippen LogP contribution in [0, 0.1) is 5.92 Å². The minimum atomic E-state index is 0. The third-order valence-corrected chi connectivity index (χ3v) is 4.76. The summed E-state index contributed by atoms with van der Waals surface area (Å²) >= 11 is 0. The Bertz CT molecular complexity index is 589. The molecule has 2 N–H and O–H groups in total. The van der Waals surface area contributed by atoms with Gasteiger partial charge in [0.2, 0.25) is 0 Å². The van der Waals surface area contributed by atoms with Gasteiger partial charge in [0.15, 0.2) is 17.5 Å². The van der Waals surface area contributed by atoms with E-state index in [2.05, 4.69) is 42.6 Å². The molecule has 1 aliphatic carbocycles. The van der Waals surface area contributed by atoms with Crippen molar-refractivity contribution in [2.75, 3.05) is 47.9 Å². The first kappa shape index (κ1) is 23.8. The highest BCUT2D eigenvalue weighted by molar-refractivity contribution is 14.0. The van der Waals surface area contributed by atoms with Gasteiger partial charge < -0.3 is 25.0 Å². The SMILES string of the molecule is CCNC(=NCC(C1CC1)N(C)C)NCCc1ccc(OC)c(OC)c1.I. The molecule has 154 valence electrons. The standard InChI is InChI=1S/C20H34N4O2.HI/c1-6-21-20(23-14-17(24(2)3)16-8-9-16)22-12-11-15-7-10-18(25-4)19(13-15)26-5;/h7,10,13,16-17H,6,8-9,11-12,14H2,1-5H3,(H2,21,22,23);1H. The zero-order valence-corrected chi connectivity index (χ0v) is 19.6. The molecule has 0 saturated heterocycles. The van der Waals surface area contributed by atoms with Crippen molar-refractivity contribution in [1.29, 1.82) is 0 Å². The van der Waals surface area contributed by atoms with E-state index in [1.807, 2.05) is 12.1 Å². The molecule has 1 aliphatic rings. The van der Waals surface area contributed by atoms with E-state index < -0.39 is 0 Å². The summed E-state index contributed by atoms with van der Waals surface area (Å²) in [6.45, 7) is 4.61. The Morgan fingerprint density at radius 2 is 1.89 bits per heavy atom.